The number of carbonyl (C=O) groups excluding carboxylic acids is 1. The summed E-state index contributed by atoms with van der Waals surface area (Å²) in [6.07, 6.45) is -3.39. The SMILES string of the molecule is COc1cccc(C(CNC(=O)Cn2ccc(C(F)(F)F)n2)N(C)C)c1. The van der Waals surface area contributed by atoms with Crippen LogP contribution in [0.25, 0.3) is 0 Å². The minimum Gasteiger partial charge on any atom is -0.497 e. The number of aromatic nitrogens is 2. The number of rotatable bonds is 7. The molecule has 6 nitrogen and oxygen atoms in total. The van der Waals surface area contributed by atoms with Crippen LogP contribution in [0, 0.1) is 0 Å². The van der Waals surface area contributed by atoms with Crippen LogP contribution in [0.15, 0.2) is 36.5 Å². The predicted molar refractivity (Wildman–Crippen MR) is 89.7 cm³/mol. The summed E-state index contributed by atoms with van der Waals surface area (Å²) in [5.41, 5.74) is -0.0686. The Kier molecular flexibility index (Phi) is 6.25. The highest BCUT2D eigenvalue weighted by Gasteiger charge is 2.33. The maximum atomic E-state index is 12.5. The van der Waals surface area contributed by atoms with Gasteiger partial charge in [0, 0.05) is 12.7 Å². The van der Waals surface area contributed by atoms with Crippen molar-refractivity contribution in [2.45, 2.75) is 18.8 Å². The fourth-order valence-electron chi connectivity index (χ4n) is 2.46. The Morgan fingerprint density at radius 2 is 2.08 bits per heavy atom. The third kappa shape index (κ3) is 5.22. The van der Waals surface area contributed by atoms with E-state index in [4.69, 9.17) is 4.74 Å². The lowest BCUT2D eigenvalue weighted by atomic mass is 10.1. The molecule has 26 heavy (non-hydrogen) atoms. The molecule has 1 heterocycles. The first-order valence-electron chi connectivity index (χ1n) is 7.88. The standard InChI is InChI=1S/C17H21F3N4O2/c1-23(2)14(12-5-4-6-13(9-12)26-3)10-21-16(25)11-24-8-7-15(22-24)17(18,19)20/h4-9,14H,10-11H2,1-3H3,(H,21,25). The fraction of sp³-hybridized carbons (Fsp3) is 0.412. The van der Waals surface area contributed by atoms with Gasteiger partial charge in [0.2, 0.25) is 5.91 Å². The van der Waals surface area contributed by atoms with Crippen molar-refractivity contribution >= 4 is 5.91 Å². The number of hydrogen-bond donors (Lipinski definition) is 1. The summed E-state index contributed by atoms with van der Waals surface area (Å²) >= 11 is 0. The molecule has 1 aromatic heterocycles. The van der Waals surface area contributed by atoms with E-state index in [1.165, 1.54) is 0 Å². The average molecular weight is 370 g/mol. The Labute approximate surface area is 149 Å². The predicted octanol–water partition coefficient (Wildman–Crippen LogP) is 2.33. The molecule has 0 saturated heterocycles. The number of hydrogen-bond acceptors (Lipinski definition) is 4. The lowest BCUT2D eigenvalue weighted by molar-refractivity contribution is -0.141. The van der Waals surface area contributed by atoms with Gasteiger partial charge >= 0.3 is 6.18 Å². The normalized spacial score (nSPS) is 12.9. The van der Waals surface area contributed by atoms with Crippen molar-refractivity contribution in [3.63, 3.8) is 0 Å². The molecule has 1 amide bonds. The topological polar surface area (TPSA) is 59.4 Å². The first-order chi connectivity index (χ1) is 12.2. The Morgan fingerprint density at radius 1 is 1.35 bits per heavy atom. The van der Waals surface area contributed by atoms with Crippen molar-refractivity contribution in [3.05, 3.63) is 47.8 Å². The number of alkyl halides is 3. The number of benzene rings is 1. The van der Waals surface area contributed by atoms with Gasteiger partial charge in [-0.05, 0) is 37.9 Å². The second-order valence-electron chi connectivity index (χ2n) is 5.96. The lowest BCUT2D eigenvalue weighted by Crippen LogP contribution is -2.36. The lowest BCUT2D eigenvalue weighted by Gasteiger charge is -2.25. The largest absolute Gasteiger partial charge is 0.497 e. The number of amides is 1. The van der Waals surface area contributed by atoms with E-state index in [9.17, 15) is 18.0 Å². The van der Waals surface area contributed by atoms with Crippen LogP contribution in [-0.4, -0.2) is 48.3 Å². The van der Waals surface area contributed by atoms with Crippen LogP contribution < -0.4 is 10.1 Å². The molecule has 0 radical (unpaired) electrons. The molecule has 2 rings (SSSR count). The molecule has 0 bridgehead atoms. The summed E-state index contributed by atoms with van der Waals surface area (Å²) in [7, 11) is 5.32. The van der Waals surface area contributed by atoms with Crippen LogP contribution in [0.5, 0.6) is 5.75 Å². The first kappa shape index (κ1) is 19.8. The highest BCUT2D eigenvalue weighted by molar-refractivity contribution is 5.75. The first-order valence-corrected chi connectivity index (χ1v) is 7.88. The number of methoxy groups -OCH3 is 1. The van der Waals surface area contributed by atoms with Gasteiger partial charge in [0.1, 0.15) is 12.3 Å². The molecule has 0 aliphatic heterocycles. The van der Waals surface area contributed by atoms with E-state index in [0.29, 0.717) is 12.3 Å². The molecular weight excluding hydrogens is 349 g/mol. The van der Waals surface area contributed by atoms with Crippen molar-refractivity contribution in [1.82, 2.24) is 20.0 Å². The molecule has 2 aromatic rings. The van der Waals surface area contributed by atoms with Crippen LogP contribution in [0.2, 0.25) is 0 Å². The van der Waals surface area contributed by atoms with Crippen molar-refractivity contribution in [1.29, 1.82) is 0 Å². The van der Waals surface area contributed by atoms with Gasteiger partial charge in [0.25, 0.3) is 0 Å². The molecule has 0 fully saturated rings. The minimum absolute atomic E-state index is 0.114. The molecule has 0 spiro atoms. The number of halogens is 3. The highest BCUT2D eigenvalue weighted by atomic mass is 19.4. The average Bonchev–Trinajstić information content (AvgIpc) is 3.03. The summed E-state index contributed by atoms with van der Waals surface area (Å²) in [4.78, 5) is 14.0. The van der Waals surface area contributed by atoms with E-state index < -0.39 is 17.8 Å². The van der Waals surface area contributed by atoms with Crippen molar-refractivity contribution < 1.29 is 22.7 Å². The second-order valence-corrected chi connectivity index (χ2v) is 5.96. The third-order valence-electron chi connectivity index (χ3n) is 3.83. The van der Waals surface area contributed by atoms with Crippen molar-refractivity contribution in [2.75, 3.05) is 27.7 Å². The summed E-state index contributed by atoms with van der Waals surface area (Å²) in [5, 5.41) is 6.10. The molecule has 1 atom stereocenters. The number of carbonyl (C=O) groups is 1. The maximum absolute atomic E-state index is 12.5. The molecule has 1 aromatic carbocycles. The molecule has 142 valence electrons. The summed E-state index contributed by atoms with van der Waals surface area (Å²) in [5.74, 6) is 0.286. The maximum Gasteiger partial charge on any atom is 0.435 e. The van der Waals surface area contributed by atoms with Crippen LogP contribution in [-0.2, 0) is 17.5 Å². The summed E-state index contributed by atoms with van der Waals surface area (Å²) in [6.45, 7) is 0.0146. The van der Waals surface area contributed by atoms with Gasteiger partial charge in [-0.15, -0.1) is 0 Å². The number of ether oxygens (including phenoxy) is 1. The zero-order valence-corrected chi connectivity index (χ0v) is 14.7. The molecule has 1 N–H and O–H groups in total. The van der Waals surface area contributed by atoms with Crippen LogP contribution in [0.4, 0.5) is 13.2 Å². The molecule has 1 unspecified atom stereocenters. The highest BCUT2D eigenvalue weighted by Crippen LogP contribution is 2.27. The Morgan fingerprint density at radius 3 is 2.65 bits per heavy atom. The number of nitrogens with one attached hydrogen (secondary N) is 1. The number of nitrogens with zero attached hydrogens (tertiary/aromatic N) is 3. The van der Waals surface area contributed by atoms with Gasteiger partial charge in [-0.2, -0.15) is 18.3 Å². The molecular formula is C17H21F3N4O2. The van der Waals surface area contributed by atoms with Gasteiger partial charge in [0.05, 0.1) is 13.2 Å². The Hall–Kier alpha value is -2.55. The Bertz CT molecular complexity index is 744. The minimum atomic E-state index is -4.52. The van der Waals surface area contributed by atoms with E-state index in [0.717, 1.165) is 22.5 Å². The number of likely N-dealkylation sites (N-methyl/N-ethyl adjacent to an activating group) is 1. The quantitative estimate of drug-likeness (QED) is 0.813. The van der Waals surface area contributed by atoms with Crippen LogP contribution in [0.3, 0.4) is 0 Å². The molecule has 0 aliphatic rings. The third-order valence-corrected chi connectivity index (χ3v) is 3.83. The summed E-state index contributed by atoms with van der Waals surface area (Å²) < 4.78 is 43.8. The van der Waals surface area contributed by atoms with E-state index in [-0.39, 0.29) is 12.6 Å². The van der Waals surface area contributed by atoms with E-state index in [1.807, 2.05) is 43.3 Å². The molecule has 0 aliphatic carbocycles. The molecule has 9 heteroatoms. The van der Waals surface area contributed by atoms with E-state index >= 15 is 0 Å². The Balaban J connectivity index is 1.98. The van der Waals surface area contributed by atoms with Gasteiger partial charge in [-0.1, -0.05) is 12.1 Å². The van der Waals surface area contributed by atoms with Gasteiger partial charge in [-0.3, -0.25) is 9.48 Å². The van der Waals surface area contributed by atoms with Gasteiger partial charge < -0.3 is 15.0 Å². The van der Waals surface area contributed by atoms with Gasteiger partial charge in [-0.25, -0.2) is 0 Å². The van der Waals surface area contributed by atoms with E-state index in [1.54, 1.807) is 7.11 Å². The monoisotopic (exact) mass is 370 g/mol. The van der Waals surface area contributed by atoms with Crippen LogP contribution in [0.1, 0.15) is 17.3 Å². The van der Waals surface area contributed by atoms with Gasteiger partial charge in [0.15, 0.2) is 5.69 Å². The fourth-order valence-corrected chi connectivity index (χ4v) is 2.46. The second kappa shape index (κ2) is 8.22. The zero-order valence-electron chi connectivity index (χ0n) is 14.7. The smallest absolute Gasteiger partial charge is 0.435 e. The zero-order chi connectivity index (χ0) is 19.3. The molecule has 0 saturated carbocycles. The van der Waals surface area contributed by atoms with E-state index in [2.05, 4.69) is 10.4 Å². The van der Waals surface area contributed by atoms with Crippen molar-refractivity contribution in [2.24, 2.45) is 0 Å². The van der Waals surface area contributed by atoms with Crippen LogP contribution >= 0.6 is 0 Å². The van der Waals surface area contributed by atoms with Crippen molar-refractivity contribution in [3.8, 4) is 5.75 Å². The summed E-state index contributed by atoms with van der Waals surface area (Å²) in [6, 6.07) is 8.20.